The molecule has 0 aliphatic heterocycles. The molecule has 2 atom stereocenters. The van der Waals surface area contributed by atoms with Crippen LogP contribution in [0.25, 0.3) is 0 Å². The molecule has 0 radical (unpaired) electrons. The van der Waals surface area contributed by atoms with Gasteiger partial charge in [-0.1, -0.05) is 30.3 Å². The van der Waals surface area contributed by atoms with Crippen molar-refractivity contribution in [3.63, 3.8) is 0 Å². The van der Waals surface area contributed by atoms with Crippen LogP contribution < -0.4 is 15.8 Å². The molecule has 8 nitrogen and oxygen atoms in total. The molecule has 140 valence electrons. The Morgan fingerprint density at radius 1 is 1.31 bits per heavy atom. The van der Waals surface area contributed by atoms with Crippen molar-refractivity contribution in [2.24, 2.45) is 0 Å². The predicted octanol–water partition coefficient (Wildman–Crippen LogP) is 1.38. The van der Waals surface area contributed by atoms with Crippen molar-refractivity contribution in [3.8, 4) is 5.88 Å². The second kappa shape index (κ2) is 9.59. The van der Waals surface area contributed by atoms with Gasteiger partial charge in [-0.05, 0) is 18.1 Å². The Labute approximate surface area is 151 Å². The molecule has 2 unspecified atom stereocenters. The molecule has 0 saturated carbocycles. The number of carbonyl (C=O) groups is 1. The molecular formula is C18H23N3O5. The molecular weight excluding hydrogens is 338 g/mol. The van der Waals surface area contributed by atoms with Gasteiger partial charge in [0.15, 0.2) is 0 Å². The number of aromatic nitrogens is 1. The third-order valence-corrected chi connectivity index (χ3v) is 3.70. The second-order valence-electron chi connectivity index (χ2n) is 5.66. The Hall–Kier alpha value is -2.84. The first kappa shape index (κ1) is 19.5. The molecule has 26 heavy (non-hydrogen) atoms. The number of amides is 1. The van der Waals surface area contributed by atoms with Gasteiger partial charge in [0.25, 0.3) is 0 Å². The van der Waals surface area contributed by atoms with Crippen LogP contribution in [0.3, 0.4) is 0 Å². The number of pyridine rings is 1. The van der Waals surface area contributed by atoms with Gasteiger partial charge in [0.2, 0.25) is 5.88 Å². The number of hydrogen-bond donors (Lipinski definition) is 4. The summed E-state index contributed by atoms with van der Waals surface area (Å²) in [5.41, 5.74) is 7.16. The number of nitrogens with one attached hydrogen (secondary N) is 1. The number of benzene rings is 1. The van der Waals surface area contributed by atoms with Gasteiger partial charge in [-0.15, -0.1) is 0 Å². The highest BCUT2D eigenvalue weighted by atomic mass is 16.5. The van der Waals surface area contributed by atoms with Crippen LogP contribution >= 0.6 is 0 Å². The van der Waals surface area contributed by atoms with E-state index in [1.54, 1.807) is 0 Å². The van der Waals surface area contributed by atoms with Crippen molar-refractivity contribution in [2.45, 2.75) is 25.2 Å². The summed E-state index contributed by atoms with van der Waals surface area (Å²) in [4.78, 5) is 15.6. The fraction of sp³-hybridized carbons (Fsp3) is 0.333. The normalized spacial score (nSPS) is 12.9. The molecule has 2 rings (SSSR count). The Balaban J connectivity index is 1.78. The van der Waals surface area contributed by atoms with E-state index in [-0.39, 0.29) is 31.0 Å². The molecule has 1 aromatic heterocycles. The van der Waals surface area contributed by atoms with Crippen molar-refractivity contribution >= 4 is 11.8 Å². The number of aliphatic hydroxyl groups excluding tert-OH is 2. The van der Waals surface area contributed by atoms with Crippen LogP contribution in [0.15, 0.2) is 42.6 Å². The summed E-state index contributed by atoms with van der Waals surface area (Å²) in [6.45, 7) is 0.286. The maximum Gasteiger partial charge on any atom is 0.407 e. The summed E-state index contributed by atoms with van der Waals surface area (Å²) >= 11 is 0. The van der Waals surface area contributed by atoms with Crippen molar-refractivity contribution in [2.75, 3.05) is 19.4 Å². The highest BCUT2D eigenvalue weighted by molar-refractivity contribution is 5.67. The quantitative estimate of drug-likeness (QED) is 0.559. The summed E-state index contributed by atoms with van der Waals surface area (Å²) < 4.78 is 10.1. The molecule has 1 amide bonds. The van der Waals surface area contributed by atoms with Gasteiger partial charge in [0, 0.05) is 12.1 Å². The Bertz CT molecular complexity index is 711. The van der Waals surface area contributed by atoms with Crippen LogP contribution in [0.4, 0.5) is 10.5 Å². The summed E-state index contributed by atoms with van der Waals surface area (Å²) in [5.74, 6) is 0.181. The highest BCUT2D eigenvalue weighted by Crippen LogP contribution is 2.27. The number of aliphatic hydroxyl groups is 2. The first-order valence-corrected chi connectivity index (χ1v) is 8.11. The molecule has 0 aliphatic carbocycles. The van der Waals surface area contributed by atoms with Crippen LogP contribution in [0.5, 0.6) is 5.88 Å². The van der Waals surface area contributed by atoms with E-state index in [9.17, 15) is 15.0 Å². The minimum Gasteiger partial charge on any atom is -0.481 e. The van der Waals surface area contributed by atoms with E-state index in [1.165, 1.54) is 19.4 Å². The molecule has 5 N–H and O–H groups in total. The number of nitrogen functional groups attached to an aromatic ring is 1. The van der Waals surface area contributed by atoms with Crippen molar-refractivity contribution in [3.05, 3.63) is 53.7 Å². The monoisotopic (exact) mass is 361 g/mol. The Morgan fingerprint density at radius 3 is 2.73 bits per heavy atom. The van der Waals surface area contributed by atoms with Gasteiger partial charge in [-0.2, -0.15) is 0 Å². The summed E-state index contributed by atoms with van der Waals surface area (Å²) in [7, 11) is 1.41. The summed E-state index contributed by atoms with van der Waals surface area (Å²) in [5, 5.41) is 22.9. The molecule has 0 bridgehead atoms. The molecule has 8 heteroatoms. The van der Waals surface area contributed by atoms with Crippen LogP contribution in [-0.2, 0) is 11.3 Å². The molecule has 0 fully saturated rings. The number of alkyl carbamates (subject to hydrolysis) is 1. The lowest BCUT2D eigenvalue weighted by molar-refractivity contribution is 0.0120. The predicted molar refractivity (Wildman–Crippen MR) is 95.4 cm³/mol. The van der Waals surface area contributed by atoms with Crippen molar-refractivity contribution < 1.29 is 24.5 Å². The maximum absolute atomic E-state index is 11.7. The van der Waals surface area contributed by atoms with E-state index in [1.807, 2.05) is 30.3 Å². The third kappa shape index (κ3) is 5.61. The average Bonchev–Trinajstić information content (AvgIpc) is 2.66. The van der Waals surface area contributed by atoms with E-state index in [2.05, 4.69) is 10.3 Å². The minimum atomic E-state index is -1.25. The zero-order valence-corrected chi connectivity index (χ0v) is 14.5. The third-order valence-electron chi connectivity index (χ3n) is 3.70. The second-order valence-corrected chi connectivity index (χ2v) is 5.66. The van der Waals surface area contributed by atoms with Gasteiger partial charge >= 0.3 is 6.09 Å². The fourth-order valence-corrected chi connectivity index (χ4v) is 2.33. The Kier molecular flexibility index (Phi) is 7.19. The average molecular weight is 361 g/mol. The van der Waals surface area contributed by atoms with Crippen LogP contribution in [0.2, 0.25) is 0 Å². The zero-order valence-electron chi connectivity index (χ0n) is 14.5. The largest absolute Gasteiger partial charge is 0.481 e. The summed E-state index contributed by atoms with van der Waals surface area (Å²) in [6.07, 6.45) is -1.48. The number of methoxy groups -OCH3 is 1. The number of carbonyl (C=O) groups excluding carboxylic acids is 1. The Morgan fingerprint density at radius 2 is 2.04 bits per heavy atom. The van der Waals surface area contributed by atoms with Crippen molar-refractivity contribution in [1.82, 2.24) is 10.3 Å². The number of nitrogens with two attached hydrogens (primary N) is 1. The topological polar surface area (TPSA) is 127 Å². The lowest BCUT2D eigenvalue weighted by Crippen LogP contribution is -2.30. The SMILES string of the molecule is COc1ncc(N)cc1C(O)C(O)CCNC(=O)OCc1ccccc1. The molecule has 0 saturated heterocycles. The van der Waals surface area contributed by atoms with Gasteiger partial charge in [-0.25, -0.2) is 9.78 Å². The lowest BCUT2D eigenvalue weighted by Gasteiger charge is -2.20. The number of rotatable bonds is 8. The van der Waals surface area contributed by atoms with Gasteiger partial charge in [-0.3, -0.25) is 0 Å². The number of anilines is 1. The highest BCUT2D eigenvalue weighted by Gasteiger charge is 2.23. The van der Waals surface area contributed by atoms with E-state index < -0.39 is 18.3 Å². The molecule has 1 aromatic carbocycles. The number of nitrogens with zero attached hydrogens (tertiary/aromatic N) is 1. The lowest BCUT2D eigenvalue weighted by atomic mass is 10.0. The van der Waals surface area contributed by atoms with E-state index >= 15 is 0 Å². The maximum atomic E-state index is 11.7. The van der Waals surface area contributed by atoms with Crippen molar-refractivity contribution in [1.29, 1.82) is 0 Å². The van der Waals surface area contributed by atoms with Crippen LogP contribution in [0, 0.1) is 0 Å². The van der Waals surface area contributed by atoms with E-state index in [4.69, 9.17) is 15.2 Å². The smallest absolute Gasteiger partial charge is 0.407 e. The van der Waals surface area contributed by atoms with E-state index in [0.717, 1.165) is 5.56 Å². The van der Waals surface area contributed by atoms with E-state index in [0.29, 0.717) is 5.69 Å². The molecule has 2 aromatic rings. The first-order valence-electron chi connectivity index (χ1n) is 8.11. The zero-order chi connectivity index (χ0) is 18.9. The summed E-state index contributed by atoms with van der Waals surface area (Å²) in [6, 6.07) is 10.8. The van der Waals surface area contributed by atoms with Gasteiger partial charge in [0.05, 0.1) is 25.1 Å². The van der Waals surface area contributed by atoms with Crippen LogP contribution in [-0.4, -0.2) is 41.0 Å². The minimum absolute atomic E-state index is 0.111. The standard InChI is InChI=1S/C18H23N3O5/c1-25-17-14(9-13(19)10-21-17)16(23)15(22)7-8-20-18(24)26-11-12-5-3-2-4-6-12/h2-6,9-10,15-16,22-23H,7-8,11,19H2,1H3,(H,20,24). The van der Waals surface area contributed by atoms with Crippen LogP contribution in [0.1, 0.15) is 23.7 Å². The first-order chi connectivity index (χ1) is 12.5. The molecule has 0 spiro atoms. The van der Waals surface area contributed by atoms with Gasteiger partial charge in [0.1, 0.15) is 12.7 Å². The molecule has 1 heterocycles. The van der Waals surface area contributed by atoms with Gasteiger partial charge < -0.3 is 30.7 Å². The number of ether oxygens (including phenoxy) is 2. The molecule has 0 aliphatic rings. The fourth-order valence-electron chi connectivity index (χ4n) is 2.33. The number of hydrogen-bond acceptors (Lipinski definition) is 7.